The summed E-state index contributed by atoms with van der Waals surface area (Å²) >= 11 is 3.28. The van der Waals surface area contributed by atoms with E-state index < -0.39 is 10.0 Å². The molecule has 4 nitrogen and oxygen atoms in total. The standard InChI is InChI=1S/C14H22N2O2S3/c1-11-10-16(8-9-19-11)21(17,18)14-5-4-13(20-14)6-7-15-12-2-3-12/h4-5,11-12,15H,2-3,6-10H2,1H3. The number of rotatable bonds is 6. The first-order chi connectivity index (χ1) is 10.1. The lowest BCUT2D eigenvalue weighted by Gasteiger charge is -2.29. The lowest BCUT2D eigenvalue weighted by molar-refractivity contribution is 0.425. The van der Waals surface area contributed by atoms with Crippen LogP contribution in [0, 0.1) is 0 Å². The van der Waals surface area contributed by atoms with Crippen LogP contribution in [0.3, 0.4) is 0 Å². The molecule has 0 radical (unpaired) electrons. The van der Waals surface area contributed by atoms with Gasteiger partial charge in [0.15, 0.2) is 0 Å². The van der Waals surface area contributed by atoms with Gasteiger partial charge in [-0.15, -0.1) is 11.3 Å². The minimum atomic E-state index is -3.29. The second-order valence-corrected chi connectivity index (χ2v) is 10.6. The van der Waals surface area contributed by atoms with E-state index in [1.807, 2.05) is 17.8 Å². The largest absolute Gasteiger partial charge is 0.314 e. The van der Waals surface area contributed by atoms with Gasteiger partial charge in [0.25, 0.3) is 10.0 Å². The number of nitrogens with zero attached hydrogens (tertiary/aromatic N) is 1. The van der Waals surface area contributed by atoms with Crippen molar-refractivity contribution >= 4 is 33.1 Å². The molecular weight excluding hydrogens is 324 g/mol. The summed E-state index contributed by atoms with van der Waals surface area (Å²) in [5.74, 6) is 0.893. The van der Waals surface area contributed by atoms with Crippen LogP contribution in [0.5, 0.6) is 0 Å². The molecule has 1 aliphatic carbocycles. The highest BCUT2D eigenvalue weighted by Gasteiger charge is 2.30. The first-order valence-electron chi connectivity index (χ1n) is 7.49. The molecule has 2 heterocycles. The van der Waals surface area contributed by atoms with Gasteiger partial charge in [0, 0.05) is 41.6 Å². The molecule has 1 N–H and O–H groups in total. The van der Waals surface area contributed by atoms with E-state index in [0.717, 1.165) is 23.6 Å². The Morgan fingerprint density at radius 1 is 1.38 bits per heavy atom. The third kappa shape index (κ3) is 4.01. The monoisotopic (exact) mass is 346 g/mol. The minimum absolute atomic E-state index is 0.385. The number of thiophene rings is 1. The molecule has 0 spiro atoms. The molecule has 1 aromatic heterocycles. The van der Waals surface area contributed by atoms with Crippen molar-refractivity contribution in [2.45, 2.75) is 41.7 Å². The number of thioether (sulfide) groups is 1. The van der Waals surface area contributed by atoms with Gasteiger partial charge in [-0.3, -0.25) is 0 Å². The van der Waals surface area contributed by atoms with E-state index in [9.17, 15) is 8.42 Å². The van der Waals surface area contributed by atoms with Crippen LogP contribution in [-0.4, -0.2) is 49.4 Å². The number of hydrogen-bond acceptors (Lipinski definition) is 5. The van der Waals surface area contributed by atoms with Crippen molar-refractivity contribution in [3.63, 3.8) is 0 Å². The topological polar surface area (TPSA) is 49.4 Å². The van der Waals surface area contributed by atoms with Crippen LogP contribution in [0.1, 0.15) is 24.6 Å². The fourth-order valence-corrected chi connectivity index (χ4v) is 6.71. The fourth-order valence-electron chi connectivity index (χ4n) is 2.45. The first kappa shape index (κ1) is 15.8. The predicted octanol–water partition coefficient (Wildman–Crippen LogP) is 2.17. The van der Waals surface area contributed by atoms with Crippen molar-refractivity contribution in [2.24, 2.45) is 0 Å². The lowest BCUT2D eigenvalue weighted by atomic mass is 10.3. The Morgan fingerprint density at radius 2 is 2.19 bits per heavy atom. The molecule has 1 saturated heterocycles. The van der Waals surface area contributed by atoms with Crippen LogP contribution >= 0.6 is 23.1 Å². The van der Waals surface area contributed by atoms with E-state index in [1.165, 1.54) is 24.2 Å². The highest BCUT2D eigenvalue weighted by Crippen LogP contribution is 2.29. The Labute approximate surface area is 135 Å². The molecular formula is C14H22N2O2S3. The number of nitrogens with one attached hydrogen (secondary N) is 1. The second kappa shape index (κ2) is 6.58. The van der Waals surface area contributed by atoms with E-state index in [4.69, 9.17) is 0 Å². The Balaban J connectivity index is 1.62. The van der Waals surface area contributed by atoms with Gasteiger partial charge in [-0.1, -0.05) is 6.92 Å². The molecule has 3 rings (SSSR count). The molecule has 2 fully saturated rings. The van der Waals surface area contributed by atoms with Crippen molar-refractivity contribution in [3.05, 3.63) is 17.0 Å². The van der Waals surface area contributed by atoms with Gasteiger partial charge in [0.1, 0.15) is 4.21 Å². The zero-order valence-electron chi connectivity index (χ0n) is 12.2. The molecule has 7 heteroatoms. The molecule has 2 aliphatic rings. The van der Waals surface area contributed by atoms with Gasteiger partial charge in [-0.25, -0.2) is 8.42 Å². The fraction of sp³-hybridized carbons (Fsp3) is 0.714. The molecule has 1 unspecified atom stereocenters. The normalized spacial score (nSPS) is 24.3. The van der Waals surface area contributed by atoms with E-state index >= 15 is 0 Å². The Morgan fingerprint density at radius 3 is 2.90 bits per heavy atom. The number of sulfonamides is 1. The molecule has 21 heavy (non-hydrogen) atoms. The van der Waals surface area contributed by atoms with Gasteiger partial charge in [-0.05, 0) is 31.4 Å². The molecule has 118 valence electrons. The third-order valence-corrected chi connectivity index (χ3v) is 8.43. The summed E-state index contributed by atoms with van der Waals surface area (Å²) in [5.41, 5.74) is 0. The molecule has 1 saturated carbocycles. The summed E-state index contributed by atoms with van der Waals surface area (Å²) in [6.45, 7) is 4.30. The summed E-state index contributed by atoms with van der Waals surface area (Å²) in [6.07, 6.45) is 3.49. The van der Waals surface area contributed by atoms with E-state index in [0.29, 0.717) is 28.6 Å². The molecule has 1 atom stereocenters. The molecule has 0 amide bonds. The van der Waals surface area contributed by atoms with E-state index in [-0.39, 0.29) is 0 Å². The van der Waals surface area contributed by atoms with Crippen molar-refractivity contribution in [3.8, 4) is 0 Å². The maximum atomic E-state index is 12.6. The summed E-state index contributed by atoms with van der Waals surface area (Å²) in [6, 6.07) is 4.45. The first-order valence-corrected chi connectivity index (χ1v) is 10.8. The smallest absolute Gasteiger partial charge is 0.252 e. The van der Waals surface area contributed by atoms with Crippen molar-refractivity contribution in [1.29, 1.82) is 0 Å². The van der Waals surface area contributed by atoms with E-state index in [1.54, 1.807) is 10.4 Å². The summed E-state index contributed by atoms with van der Waals surface area (Å²) in [7, 11) is -3.29. The highest BCUT2D eigenvalue weighted by atomic mass is 32.2. The van der Waals surface area contributed by atoms with Crippen LogP contribution in [0.25, 0.3) is 0 Å². The molecule has 0 bridgehead atoms. The maximum Gasteiger partial charge on any atom is 0.252 e. The van der Waals surface area contributed by atoms with Crippen LogP contribution in [0.4, 0.5) is 0 Å². The van der Waals surface area contributed by atoms with Gasteiger partial charge in [0.05, 0.1) is 0 Å². The molecule has 0 aromatic carbocycles. The van der Waals surface area contributed by atoms with Gasteiger partial charge < -0.3 is 5.32 Å². The summed E-state index contributed by atoms with van der Waals surface area (Å²) in [4.78, 5) is 1.15. The SMILES string of the molecule is CC1CN(S(=O)(=O)c2ccc(CCNC3CC3)s2)CCS1. The summed E-state index contributed by atoms with van der Waals surface area (Å²) in [5, 5.41) is 3.85. The average Bonchev–Trinajstić information content (AvgIpc) is 3.14. The zero-order valence-corrected chi connectivity index (χ0v) is 14.7. The van der Waals surface area contributed by atoms with E-state index in [2.05, 4.69) is 12.2 Å². The molecule has 1 aliphatic heterocycles. The Kier molecular flexibility index (Phi) is 4.95. The Bertz CT molecular complexity index is 581. The van der Waals surface area contributed by atoms with Crippen molar-refractivity contribution < 1.29 is 8.42 Å². The Hall–Kier alpha value is -0.0800. The van der Waals surface area contributed by atoms with Crippen LogP contribution in [0.15, 0.2) is 16.3 Å². The van der Waals surface area contributed by atoms with Crippen molar-refractivity contribution in [2.75, 3.05) is 25.4 Å². The predicted molar refractivity (Wildman–Crippen MR) is 89.7 cm³/mol. The van der Waals surface area contributed by atoms with Crippen LogP contribution < -0.4 is 5.32 Å². The second-order valence-electron chi connectivity index (χ2n) is 5.74. The number of hydrogen-bond donors (Lipinski definition) is 1. The minimum Gasteiger partial charge on any atom is -0.314 e. The molecule has 1 aromatic rings. The average molecular weight is 347 g/mol. The summed E-state index contributed by atoms with van der Waals surface area (Å²) < 4.78 is 27.4. The maximum absolute atomic E-state index is 12.6. The van der Waals surface area contributed by atoms with Gasteiger partial charge in [-0.2, -0.15) is 16.1 Å². The quantitative estimate of drug-likeness (QED) is 0.858. The van der Waals surface area contributed by atoms with Gasteiger partial charge >= 0.3 is 0 Å². The van der Waals surface area contributed by atoms with Crippen LogP contribution in [0.2, 0.25) is 0 Å². The third-order valence-electron chi connectivity index (χ3n) is 3.82. The van der Waals surface area contributed by atoms with Crippen LogP contribution in [-0.2, 0) is 16.4 Å². The van der Waals surface area contributed by atoms with Gasteiger partial charge in [0.2, 0.25) is 0 Å². The lowest BCUT2D eigenvalue weighted by Crippen LogP contribution is -2.40. The zero-order chi connectivity index (χ0) is 14.9. The van der Waals surface area contributed by atoms with Crippen molar-refractivity contribution in [1.82, 2.24) is 9.62 Å². The highest BCUT2D eigenvalue weighted by molar-refractivity contribution is 8.00.